The number of ether oxygens (including phenoxy) is 1. The fraction of sp³-hybridized carbons (Fsp3) is 0.400. The SMILES string of the molecule is COCC(C)c1cc[c]cc1. The Morgan fingerprint density at radius 3 is 2.64 bits per heavy atom. The molecular weight excluding hydrogens is 136 g/mol. The van der Waals surface area contributed by atoms with Crippen LogP contribution in [0, 0.1) is 6.07 Å². The van der Waals surface area contributed by atoms with Crippen molar-refractivity contribution in [2.75, 3.05) is 13.7 Å². The molecule has 0 saturated heterocycles. The summed E-state index contributed by atoms with van der Waals surface area (Å²) in [6, 6.07) is 11.0. The Morgan fingerprint density at radius 2 is 2.09 bits per heavy atom. The van der Waals surface area contributed by atoms with Crippen molar-refractivity contribution in [3.05, 3.63) is 35.9 Å². The van der Waals surface area contributed by atoms with Gasteiger partial charge in [-0.1, -0.05) is 31.2 Å². The van der Waals surface area contributed by atoms with Gasteiger partial charge in [-0.25, -0.2) is 0 Å². The lowest BCUT2D eigenvalue weighted by atomic mass is 10.0. The van der Waals surface area contributed by atoms with Crippen molar-refractivity contribution in [3.63, 3.8) is 0 Å². The summed E-state index contributed by atoms with van der Waals surface area (Å²) in [5, 5.41) is 0. The molecule has 1 aromatic carbocycles. The van der Waals surface area contributed by atoms with Crippen LogP contribution in [0.4, 0.5) is 0 Å². The zero-order chi connectivity index (χ0) is 8.10. The van der Waals surface area contributed by atoms with E-state index in [4.69, 9.17) is 4.74 Å². The summed E-state index contributed by atoms with van der Waals surface area (Å²) in [4.78, 5) is 0. The number of benzene rings is 1. The van der Waals surface area contributed by atoms with Crippen molar-refractivity contribution in [1.82, 2.24) is 0 Å². The van der Waals surface area contributed by atoms with Gasteiger partial charge in [0.05, 0.1) is 6.61 Å². The van der Waals surface area contributed by atoms with Gasteiger partial charge in [-0.2, -0.15) is 0 Å². The van der Waals surface area contributed by atoms with Gasteiger partial charge in [0, 0.05) is 13.0 Å². The van der Waals surface area contributed by atoms with E-state index in [9.17, 15) is 0 Å². The lowest BCUT2D eigenvalue weighted by Crippen LogP contribution is -2.00. The average Bonchev–Trinajstić information content (AvgIpc) is 2.07. The first-order valence-corrected chi connectivity index (χ1v) is 3.79. The zero-order valence-corrected chi connectivity index (χ0v) is 7.00. The van der Waals surface area contributed by atoms with Crippen LogP contribution in [0.2, 0.25) is 0 Å². The third kappa shape index (κ3) is 2.35. The van der Waals surface area contributed by atoms with E-state index in [1.807, 2.05) is 12.1 Å². The van der Waals surface area contributed by atoms with Crippen molar-refractivity contribution in [2.45, 2.75) is 12.8 Å². The second-order valence-electron chi connectivity index (χ2n) is 2.69. The summed E-state index contributed by atoms with van der Waals surface area (Å²) in [7, 11) is 1.73. The topological polar surface area (TPSA) is 9.23 Å². The molecule has 0 aliphatic rings. The van der Waals surface area contributed by atoms with Gasteiger partial charge in [0.25, 0.3) is 0 Å². The normalized spacial score (nSPS) is 12.9. The monoisotopic (exact) mass is 149 g/mol. The van der Waals surface area contributed by atoms with E-state index >= 15 is 0 Å². The predicted octanol–water partition coefficient (Wildman–Crippen LogP) is 2.24. The molecule has 1 radical (unpaired) electrons. The molecule has 1 nitrogen and oxygen atoms in total. The van der Waals surface area contributed by atoms with E-state index in [0.29, 0.717) is 5.92 Å². The van der Waals surface area contributed by atoms with Gasteiger partial charge in [-0.3, -0.25) is 0 Å². The van der Waals surface area contributed by atoms with Gasteiger partial charge in [-0.15, -0.1) is 0 Å². The summed E-state index contributed by atoms with van der Waals surface area (Å²) in [6.07, 6.45) is 0. The molecule has 0 spiro atoms. The minimum atomic E-state index is 0.481. The fourth-order valence-corrected chi connectivity index (χ4v) is 1.07. The standard InChI is InChI=1S/C10H13O/c1-9(8-11-2)10-6-4-3-5-7-10/h4-7,9H,8H2,1-2H3. The largest absolute Gasteiger partial charge is 0.384 e. The molecule has 11 heavy (non-hydrogen) atoms. The van der Waals surface area contributed by atoms with Crippen molar-refractivity contribution in [1.29, 1.82) is 0 Å². The molecule has 1 aromatic rings. The molecule has 1 heteroatoms. The highest BCUT2D eigenvalue weighted by molar-refractivity contribution is 5.17. The van der Waals surface area contributed by atoms with Crippen LogP contribution in [-0.2, 0) is 4.74 Å². The Labute approximate surface area is 68.0 Å². The zero-order valence-electron chi connectivity index (χ0n) is 7.00. The van der Waals surface area contributed by atoms with E-state index < -0.39 is 0 Å². The summed E-state index contributed by atoms with van der Waals surface area (Å²) in [5.41, 5.74) is 1.31. The van der Waals surface area contributed by atoms with E-state index in [0.717, 1.165) is 6.61 Å². The highest BCUT2D eigenvalue weighted by Crippen LogP contribution is 2.13. The van der Waals surface area contributed by atoms with E-state index in [2.05, 4.69) is 25.1 Å². The molecule has 1 unspecified atom stereocenters. The molecule has 1 atom stereocenters. The minimum Gasteiger partial charge on any atom is -0.384 e. The van der Waals surface area contributed by atoms with Crippen molar-refractivity contribution in [3.8, 4) is 0 Å². The highest BCUT2D eigenvalue weighted by atomic mass is 16.5. The number of rotatable bonds is 3. The van der Waals surface area contributed by atoms with Crippen LogP contribution in [-0.4, -0.2) is 13.7 Å². The van der Waals surface area contributed by atoms with Gasteiger partial charge in [-0.05, 0) is 11.6 Å². The molecule has 59 valence electrons. The number of methoxy groups -OCH3 is 1. The third-order valence-corrected chi connectivity index (χ3v) is 1.73. The molecule has 0 bridgehead atoms. The van der Waals surface area contributed by atoms with Crippen LogP contribution in [0.1, 0.15) is 18.4 Å². The lowest BCUT2D eigenvalue weighted by molar-refractivity contribution is 0.184. The van der Waals surface area contributed by atoms with Crippen LogP contribution in [0.5, 0.6) is 0 Å². The number of hydrogen-bond donors (Lipinski definition) is 0. The summed E-state index contributed by atoms with van der Waals surface area (Å²) < 4.78 is 5.05. The Balaban J connectivity index is 2.61. The maximum Gasteiger partial charge on any atom is 0.0528 e. The average molecular weight is 149 g/mol. The Kier molecular flexibility index (Phi) is 3.12. The smallest absolute Gasteiger partial charge is 0.0528 e. The first kappa shape index (κ1) is 8.28. The van der Waals surface area contributed by atoms with Crippen LogP contribution in [0.15, 0.2) is 24.3 Å². The van der Waals surface area contributed by atoms with Crippen LogP contribution >= 0.6 is 0 Å². The maximum atomic E-state index is 5.05. The van der Waals surface area contributed by atoms with Crippen LogP contribution in [0.3, 0.4) is 0 Å². The van der Waals surface area contributed by atoms with Gasteiger partial charge in [0.1, 0.15) is 0 Å². The molecule has 0 saturated carbocycles. The first-order chi connectivity index (χ1) is 5.34. The quantitative estimate of drug-likeness (QED) is 0.640. The molecule has 0 aliphatic heterocycles. The predicted molar refractivity (Wildman–Crippen MR) is 45.6 cm³/mol. The minimum absolute atomic E-state index is 0.481. The molecule has 0 N–H and O–H groups in total. The Morgan fingerprint density at radius 1 is 1.45 bits per heavy atom. The van der Waals surface area contributed by atoms with Crippen molar-refractivity contribution >= 4 is 0 Å². The van der Waals surface area contributed by atoms with Gasteiger partial charge >= 0.3 is 0 Å². The number of hydrogen-bond acceptors (Lipinski definition) is 1. The fourth-order valence-electron chi connectivity index (χ4n) is 1.07. The van der Waals surface area contributed by atoms with Gasteiger partial charge < -0.3 is 4.74 Å². The molecule has 0 aliphatic carbocycles. The molecule has 0 fully saturated rings. The molecular formula is C10H13O. The molecule has 1 rings (SSSR count). The summed E-state index contributed by atoms with van der Waals surface area (Å²) >= 11 is 0. The first-order valence-electron chi connectivity index (χ1n) is 3.79. The van der Waals surface area contributed by atoms with Crippen LogP contribution in [0.25, 0.3) is 0 Å². The van der Waals surface area contributed by atoms with Crippen molar-refractivity contribution < 1.29 is 4.74 Å². The highest BCUT2D eigenvalue weighted by Gasteiger charge is 2.02. The van der Waals surface area contributed by atoms with E-state index in [1.54, 1.807) is 7.11 Å². The second-order valence-corrected chi connectivity index (χ2v) is 2.69. The van der Waals surface area contributed by atoms with Gasteiger partial charge in [0.15, 0.2) is 0 Å². The van der Waals surface area contributed by atoms with Crippen LogP contribution < -0.4 is 0 Å². The van der Waals surface area contributed by atoms with Gasteiger partial charge in [0.2, 0.25) is 0 Å². The second kappa shape index (κ2) is 4.14. The molecule has 0 amide bonds. The summed E-state index contributed by atoms with van der Waals surface area (Å²) in [6.45, 7) is 2.93. The van der Waals surface area contributed by atoms with E-state index in [-0.39, 0.29) is 0 Å². The third-order valence-electron chi connectivity index (χ3n) is 1.73. The van der Waals surface area contributed by atoms with E-state index in [1.165, 1.54) is 5.56 Å². The summed E-state index contributed by atoms with van der Waals surface area (Å²) in [5.74, 6) is 0.481. The Bertz CT molecular complexity index is 193. The molecule has 0 aromatic heterocycles. The maximum absolute atomic E-state index is 5.05. The van der Waals surface area contributed by atoms with Crippen molar-refractivity contribution in [2.24, 2.45) is 0 Å². The molecule has 0 heterocycles. The Hall–Kier alpha value is -0.820. The lowest BCUT2D eigenvalue weighted by Gasteiger charge is -2.09.